The van der Waals surface area contributed by atoms with E-state index in [2.05, 4.69) is 4.99 Å². The molecule has 1 aromatic rings. The minimum atomic E-state index is 0.662. The van der Waals surface area contributed by atoms with E-state index in [0.29, 0.717) is 5.69 Å². The highest BCUT2D eigenvalue weighted by atomic mass is 16.1. The van der Waals surface area contributed by atoms with Gasteiger partial charge < -0.3 is 4.57 Å². The molecule has 0 aliphatic carbocycles. The zero-order valence-electron chi connectivity index (χ0n) is 5.96. The maximum atomic E-state index is 9.79. The van der Waals surface area contributed by atoms with Crippen LogP contribution in [0.3, 0.4) is 0 Å². The lowest BCUT2D eigenvalue weighted by molar-refractivity contribution is 0.565. The zero-order chi connectivity index (χ0) is 7.56. The number of rotatable bonds is 1. The Bertz CT molecular complexity index is 262. The molecule has 1 aromatic heterocycles. The first-order chi connectivity index (χ1) is 4.74. The molecule has 0 aliphatic heterocycles. The number of carbonyl (C=O) groups excluding carboxylic acids is 1. The molecule has 52 valence electrons. The molecule has 0 N–H and O–H groups in total. The van der Waals surface area contributed by atoms with Crippen LogP contribution in [-0.4, -0.2) is 10.6 Å². The number of aliphatic imine (C=N–C) groups is 1. The molecule has 3 nitrogen and oxygen atoms in total. The minimum Gasteiger partial charge on any atom is -0.352 e. The number of nitrogens with zero attached hydrogens (tertiary/aromatic N) is 2. The van der Waals surface area contributed by atoms with Gasteiger partial charge in [0.1, 0.15) is 0 Å². The van der Waals surface area contributed by atoms with E-state index in [1.165, 1.54) is 6.08 Å². The fraction of sp³-hybridized carbons (Fsp3) is 0.286. The van der Waals surface area contributed by atoms with Crippen LogP contribution < -0.4 is 0 Å². The summed E-state index contributed by atoms with van der Waals surface area (Å²) in [5, 5.41) is 0. The molecule has 0 aromatic carbocycles. The first-order valence-corrected chi connectivity index (χ1v) is 2.95. The van der Waals surface area contributed by atoms with Crippen molar-refractivity contribution in [1.29, 1.82) is 0 Å². The third kappa shape index (κ3) is 1.14. The highest BCUT2D eigenvalue weighted by Gasteiger charge is 1.94. The van der Waals surface area contributed by atoms with Crippen LogP contribution in [0.5, 0.6) is 0 Å². The molecule has 3 heteroatoms. The quantitative estimate of drug-likeness (QED) is 0.423. The van der Waals surface area contributed by atoms with Crippen molar-refractivity contribution < 1.29 is 4.79 Å². The van der Waals surface area contributed by atoms with E-state index in [1.807, 2.05) is 24.6 Å². The Hall–Kier alpha value is -1.34. The summed E-state index contributed by atoms with van der Waals surface area (Å²) in [4.78, 5) is 13.3. The molecule has 10 heavy (non-hydrogen) atoms. The van der Waals surface area contributed by atoms with Crippen LogP contribution in [-0.2, 0) is 11.8 Å². The van der Waals surface area contributed by atoms with Crippen molar-refractivity contribution in [2.75, 3.05) is 0 Å². The second-order valence-electron chi connectivity index (χ2n) is 2.15. The molecule has 0 unspecified atom stereocenters. The van der Waals surface area contributed by atoms with Gasteiger partial charge in [-0.3, -0.25) is 0 Å². The number of hydrogen-bond acceptors (Lipinski definition) is 2. The second-order valence-corrected chi connectivity index (χ2v) is 2.15. The van der Waals surface area contributed by atoms with Crippen molar-refractivity contribution in [1.82, 2.24) is 4.57 Å². The van der Waals surface area contributed by atoms with Crippen LogP contribution in [0, 0.1) is 6.92 Å². The molecule has 0 atom stereocenters. The first kappa shape index (κ1) is 6.78. The Labute approximate surface area is 59.0 Å². The maximum absolute atomic E-state index is 9.79. The maximum Gasteiger partial charge on any atom is 0.240 e. The van der Waals surface area contributed by atoms with E-state index in [0.717, 1.165) is 5.69 Å². The van der Waals surface area contributed by atoms with Crippen molar-refractivity contribution in [2.45, 2.75) is 6.92 Å². The van der Waals surface area contributed by atoms with Crippen molar-refractivity contribution in [3.8, 4) is 0 Å². The molecule has 1 heterocycles. The van der Waals surface area contributed by atoms with Gasteiger partial charge in [0.25, 0.3) is 0 Å². The molecule has 0 amide bonds. The summed E-state index contributed by atoms with van der Waals surface area (Å²) in [6, 6.07) is 1.82. The Morgan fingerprint density at radius 2 is 2.40 bits per heavy atom. The van der Waals surface area contributed by atoms with Crippen LogP contribution in [0.2, 0.25) is 0 Å². The van der Waals surface area contributed by atoms with Gasteiger partial charge >= 0.3 is 0 Å². The summed E-state index contributed by atoms with van der Waals surface area (Å²) < 4.78 is 1.90. The lowest BCUT2D eigenvalue weighted by Crippen LogP contribution is -1.84. The number of isocyanates is 1. The van der Waals surface area contributed by atoms with Crippen molar-refractivity contribution in [3.05, 3.63) is 18.0 Å². The number of aromatic nitrogens is 1. The normalized spacial score (nSPS) is 9.00. The molecule has 0 saturated heterocycles. The summed E-state index contributed by atoms with van der Waals surface area (Å²) >= 11 is 0. The molecular formula is C7H8N2O. The second kappa shape index (κ2) is 2.50. The summed E-state index contributed by atoms with van der Waals surface area (Å²) in [7, 11) is 1.90. The topological polar surface area (TPSA) is 34.4 Å². The van der Waals surface area contributed by atoms with E-state index in [9.17, 15) is 4.79 Å². The zero-order valence-corrected chi connectivity index (χ0v) is 5.96. The summed E-state index contributed by atoms with van der Waals surface area (Å²) in [5.41, 5.74) is 1.74. The molecular weight excluding hydrogens is 128 g/mol. The largest absolute Gasteiger partial charge is 0.352 e. The van der Waals surface area contributed by atoms with E-state index in [-0.39, 0.29) is 0 Å². The van der Waals surface area contributed by atoms with Crippen LogP contribution in [0.15, 0.2) is 17.3 Å². The van der Waals surface area contributed by atoms with Crippen LogP contribution >= 0.6 is 0 Å². The fourth-order valence-corrected chi connectivity index (χ4v) is 0.767. The molecule has 0 aliphatic rings. The highest BCUT2D eigenvalue weighted by Crippen LogP contribution is 2.13. The summed E-state index contributed by atoms with van der Waals surface area (Å²) in [6.07, 6.45) is 3.26. The average Bonchev–Trinajstić information content (AvgIpc) is 2.14. The molecule has 1 rings (SSSR count). The van der Waals surface area contributed by atoms with Gasteiger partial charge in [-0.15, -0.1) is 0 Å². The lowest BCUT2D eigenvalue weighted by atomic mass is 10.4. The third-order valence-electron chi connectivity index (χ3n) is 1.41. The summed E-state index contributed by atoms with van der Waals surface area (Å²) in [6.45, 7) is 1.95. The minimum absolute atomic E-state index is 0.662. The monoisotopic (exact) mass is 136 g/mol. The van der Waals surface area contributed by atoms with Crippen LogP contribution in [0.1, 0.15) is 5.69 Å². The van der Waals surface area contributed by atoms with Crippen molar-refractivity contribution >= 4 is 11.8 Å². The van der Waals surface area contributed by atoms with E-state index < -0.39 is 0 Å². The van der Waals surface area contributed by atoms with Gasteiger partial charge in [0, 0.05) is 18.9 Å². The first-order valence-electron chi connectivity index (χ1n) is 2.95. The number of hydrogen-bond donors (Lipinski definition) is 0. The predicted octanol–water partition coefficient (Wildman–Crippen LogP) is 1.30. The van der Waals surface area contributed by atoms with Crippen LogP contribution in [0.4, 0.5) is 5.69 Å². The Balaban J connectivity index is 3.09. The van der Waals surface area contributed by atoms with Gasteiger partial charge in [0.2, 0.25) is 6.08 Å². The smallest absolute Gasteiger partial charge is 0.240 e. The summed E-state index contributed by atoms with van der Waals surface area (Å²) in [5.74, 6) is 0. The van der Waals surface area contributed by atoms with Gasteiger partial charge in [-0.05, 0) is 13.0 Å². The Morgan fingerprint density at radius 1 is 1.70 bits per heavy atom. The van der Waals surface area contributed by atoms with E-state index in [1.54, 1.807) is 6.20 Å². The molecule has 0 spiro atoms. The van der Waals surface area contributed by atoms with Crippen molar-refractivity contribution in [2.24, 2.45) is 12.0 Å². The fourth-order valence-electron chi connectivity index (χ4n) is 0.767. The van der Waals surface area contributed by atoms with E-state index in [4.69, 9.17) is 0 Å². The van der Waals surface area contributed by atoms with Gasteiger partial charge in [-0.2, -0.15) is 4.99 Å². The Kier molecular flexibility index (Phi) is 1.69. The SMILES string of the molecule is Cc1cc(N=C=O)cn1C. The standard InChI is InChI=1S/C7H8N2O/c1-6-3-7(8-5-10)4-9(6)2/h3-4H,1-2H3. The van der Waals surface area contributed by atoms with Gasteiger partial charge in [-0.1, -0.05) is 0 Å². The predicted molar refractivity (Wildman–Crippen MR) is 37.9 cm³/mol. The molecule has 0 radical (unpaired) electrons. The van der Waals surface area contributed by atoms with Gasteiger partial charge in [0.05, 0.1) is 5.69 Å². The van der Waals surface area contributed by atoms with Gasteiger partial charge in [-0.25, -0.2) is 4.79 Å². The highest BCUT2D eigenvalue weighted by molar-refractivity contribution is 5.48. The molecule has 0 saturated carbocycles. The Morgan fingerprint density at radius 3 is 2.80 bits per heavy atom. The molecule has 0 bridgehead atoms. The van der Waals surface area contributed by atoms with Crippen molar-refractivity contribution in [3.63, 3.8) is 0 Å². The van der Waals surface area contributed by atoms with E-state index >= 15 is 0 Å². The van der Waals surface area contributed by atoms with Gasteiger partial charge in [0.15, 0.2) is 0 Å². The average molecular weight is 136 g/mol. The number of aryl methyl sites for hydroxylation is 2. The third-order valence-corrected chi connectivity index (χ3v) is 1.41. The van der Waals surface area contributed by atoms with Crippen LogP contribution in [0.25, 0.3) is 0 Å². The molecule has 0 fully saturated rings. The lowest BCUT2D eigenvalue weighted by Gasteiger charge is -1.89.